The smallest absolute Gasteiger partial charge is 0.253 e. The van der Waals surface area contributed by atoms with Crippen molar-refractivity contribution in [3.63, 3.8) is 0 Å². The third kappa shape index (κ3) is 5.05. The molecule has 1 aromatic carbocycles. The topological polar surface area (TPSA) is 66.5 Å². The lowest BCUT2D eigenvalue weighted by molar-refractivity contribution is 0.0742. The molecule has 1 aliphatic heterocycles. The lowest BCUT2D eigenvalue weighted by Gasteiger charge is -2.25. The van der Waals surface area contributed by atoms with Crippen LogP contribution < -0.4 is 4.72 Å². The standard InChI is InChI=1S/C18H28N2O3S/c1-3-15(2)19-24(22,23)17-11-9-16(10-12-17)18(21)20-13-7-5-4-6-8-14-20/h9-12,15,19H,3-8,13-14H2,1-2H3/t15-/m1/s1. The Morgan fingerprint density at radius 3 is 2.17 bits per heavy atom. The van der Waals surface area contributed by atoms with E-state index in [1.54, 1.807) is 12.1 Å². The Labute approximate surface area is 145 Å². The Balaban J connectivity index is 2.09. The molecule has 1 amide bonds. The maximum atomic E-state index is 12.6. The van der Waals surface area contributed by atoms with Crippen LogP contribution in [0.25, 0.3) is 0 Å². The molecule has 1 aliphatic rings. The van der Waals surface area contributed by atoms with Crippen molar-refractivity contribution in [2.24, 2.45) is 0 Å². The van der Waals surface area contributed by atoms with E-state index in [1.807, 2.05) is 18.7 Å². The van der Waals surface area contributed by atoms with Gasteiger partial charge in [0.1, 0.15) is 0 Å². The average molecular weight is 353 g/mol. The Morgan fingerprint density at radius 1 is 1.08 bits per heavy atom. The minimum absolute atomic E-state index is 0.00395. The van der Waals surface area contributed by atoms with Crippen LogP contribution in [-0.2, 0) is 10.0 Å². The van der Waals surface area contributed by atoms with Crippen LogP contribution in [-0.4, -0.2) is 38.4 Å². The molecule has 5 nitrogen and oxygen atoms in total. The number of hydrogen-bond donors (Lipinski definition) is 1. The van der Waals surface area contributed by atoms with Gasteiger partial charge < -0.3 is 4.90 Å². The minimum Gasteiger partial charge on any atom is -0.339 e. The van der Waals surface area contributed by atoms with Crippen molar-refractivity contribution in [1.82, 2.24) is 9.62 Å². The second-order valence-electron chi connectivity index (χ2n) is 6.51. The van der Waals surface area contributed by atoms with Gasteiger partial charge in [0, 0.05) is 24.7 Å². The Hall–Kier alpha value is -1.40. The van der Waals surface area contributed by atoms with Crippen LogP contribution >= 0.6 is 0 Å². The van der Waals surface area contributed by atoms with Gasteiger partial charge in [-0.05, 0) is 50.5 Å². The fraction of sp³-hybridized carbons (Fsp3) is 0.611. The van der Waals surface area contributed by atoms with Crippen LogP contribution in [0.3, 0.4) is 0 Å². The summed E-state index contributed by atoms with van der Waals surface area (Å²) in [6.07, 6.45) is 6.39. The Morgan fingerprint density at radius 2 is 1.62 bits per heavy atom. The molecule has 1 aromatic rings. The number of sulfonamides is 1. The van der Waals surface area contributed by atoms with Gasteiger partial charge >= 0.3 is 0 Å². The van der Waals surface area contributed by atoms with Gasteiger partial charge in [-0.3, -0.25) is 4.79 Å². The molecule has 1 N–H and O–H groups in total. The molecule has 2 rings (SSSR count). The lowest BCUT2D eigenvalue weighted by Crippen LogP contribution is -2.34. The van der Waals surface area contributed by atoms with E-state index in [2.05, 4.69) is 4.72 Å². The van der Waals surface area contributed by atoms with E-state index in [0.717, 1.165) is 32.4 Å². The Kier molecular flexibility index (Phi) is 6.80. The number of carbonyl (C=O) groups excluding carboxylic acids is 1. The molecule has 1 atom stereocenters. The summed E-state index contributed by atoms with van der Waals surface area (Å²) in [5.74, 6) is -0.00395. The summed E-state index contributed by atoms with van der Waals surface area (Å²) in [5.41, 5.74) is 0.554. The summed E-state index contributed by atoms with van der Waals surface area (Å²) < 4.78 is 27.1. The quantitative estimate of drug-likeness (QED) is 0.885. The first-order valence-electron chi connectivity index (χ1n) is 8.85. The molecule has 0 bridgehead atoms. The van der Waals surface area contributed by atoms with Crippen molar-refractivity contribution < 1.29 is 13.2 Å². The molecule has 0 unspecified atom stereocenters. The number of nitrogens with one attached hydrogen (secondary N) is 1. The maximum absolute atomic E-state index is 12.6. The van der Waals surface area contributed by atoms with Crippen molar-refractivity contribution in [2.45, 2.75) is 63.3 Å². The highest BCUT2D eigenvalue weighted by Gasteiger charge is 2.19. The molecule has 134 valence electrons. The van der Waals surface area contributed by atoms with E-state index in [-0.39, 0.29) is 16.8 Å². The van der Waals surface area contributed by atoms with E-state index >= 15 is 0 Å². The number of carbonyl (C=O) groups is 1. The largest absolute Gasteiger partial charge is 0.339 e. The molecule has 0 radical (unpaired) electrons. The zero-order valence-corrected chi connectivity index (χ0v) is 15.4. The number of benzene rings is 1. The van der Waals surface area contributed by atoms with Crippen LogP contribution in [0.4, 0.5) is 0 Å². The zero-order valence-electron chi connectivity index (χ0n) is 14.6. The highest BCUT2D eigenvalue weighted by molar-refractivity contribution is 7.89. The van der Waals surface area contributed by atoms with Gasteiger partial charge in [0.05, 0.1) is 4.90 Å². The van der Waals surface area contributed by atoms with Crippen LogP contribution in [0.1, 0.15) is 62.7 Å². The van der Waals surface area contributed by atoms with Crippen molar-refractivity contribution in [3.8, 4) is 0 Å². The van der Waals surface area contributed by atoms with E-state index in [0.29, 0.717) is 5.56 Å². The van der Waals surface area contributed by atoms with Crippen LogP contribution in [0.15, 0.2) is 29.2 Å². The Bertz CT molecular complexity index is 633. The SMILES string of the molecule is CC[C@@H](C)NS(=O)(=O)c1ccc(C(=O)N2CCCCCCC2)cc1. The summed E-state index contributed by atoms with van der Waals surface area (Å²) in [7, 11) is -3.52. The van der Waals surface area contributed by atoms with Gasteiger partial charge in [-0.1, -0.05) is 26.2 Å². The molecule has 6 heteroatoms. The highest BCUT2D eigenvalue weighted by atomic mass is 32.2. The second kappa shape index (κ2) is 8.62. The van der Waals surface area contributed by atoms with Gasteiger partial charge in [-0.15, -0.1) is 0 Å². The van der Waals surface area contributed by atoms with Gasteiger partial charge in [0.2, 0.25) is 10.0 Å². The summed E-state index contributed by atoms with van der Waals surface area (Å²) in [6.45, 7) is 5.33. The first-order chi connectivity index (χ1) is 11.4. The van der Waals surface area contributed by atoms with E-state index < -0.39 is 10.0 Å². The van der Waals surface area contributed by atoms with Crippen molar-refractivity contribution in [3.05, 3.63) is 29.8 Å². The minimum atomic E-state index is -3.52. The first-order valence-corrected chi connectivity index (χ1v) is 10.3. The molecular weight excluding hydrogens is 324 g/mol. The fourth-order valence-electron chi connectivity index (χ4n) is 2.83. The summed E-state index contributed by atoms with van der Waals surface area (Å²) in [6, 6.07) is 6.15. The summed E-state index contributed by atoms with van der Waals surface area (Å²) in [5, 5.41) is 0. The van der Waals surface area contributed by atoms with Crippen LogP contribution in [0.5, 0.6) is 0 Å². The second-order valence-corrected chi connectivity index (χ2v) is 8.23. The van der Waals surface area contributed by atoms with Gasteiger partial charge in [0.15, 0.2) is 0 Å². The number of rotatable bonds is 5. The molecule has 0 spiro atoms. The number of likely N-dealkylation sites (tertiary alicyclic amines) is 1. The van der Waals surface area contributed by atoms with Crippen molar-refractivity contribution in [2.75, 3.05) is 13.1 Å². The van der Waals surface area contributed by atoms with Gasteiger partial charge in [-0.2, -0.15) is 0 Å². The molecule has 1 heterocycles. The monoisotopic (exact) mass is 352 g/mol. The molecule has 24 heavy (non-hydrogen) atoms. The number of nitrogens with zero attached hydrogens (tertiary/aromatic N) is 1. The predicted molar refractivity (Wildman–Crippen MR) is 95.5 cm³/mol. The number of hydrogen-bond acceptors (Lipinski definition) is 3. The molecule has 0 saturated carbocycles. The zero-order chi connectivity index (χ0) is 17.6. The van der Waals surface area contributed by atoms with E-state index in [1.165, 1.54) is 31.4 Å². The molecule has 0 aromatic heterocycles. The number of amides is 1. The lowest BCUT2D eigenvalue weighted by atomic mass is 10.1. The highest BCUT2D eigenvalue weighted by Crippen LogP contribution is 2.16. The van der Waals surface area contributed by atoms with Crippen LogP contribution in [0.2, 0.25) is 0 Å². The van der Waals surface area contributed by atoms with E-state index in [4.69, 9.17) is 0 Å². The molecule has 0 aliphatic carbocycles. The van der Waals surface area contributed by atoms with Crippen LogP contribution in [0, 0.1) is 0 Å². The van der Waals surface area contributed by atoms with E-state index in [9.17, 15) is 13.2 Å². The van der Waals surface area contributed by atoms with Gasteiger partial charge in [-0.25, -0.2) is 13.1 Å². The normalized spacial score (nSPS) is 17.8. The average Bonchev–Trinajstić information content (AvgIpc) is 2.53. The summed E-state index contributed by atoms with van der Waals surface area (Å²) in [4.78, 5) is 14.7. The third-order valence-electron chi connectivity index (χ3n) is 4.52. The van der Waals surface area contributed by atoms with Crippen molar-refractivity contribution >= 4 is 15.9 Å². The fourth-order valence-corrected chi connectivity index (χ4v) is 4.15. The molecular formula is C18H28N2O3S. The van der Waals surface area contributed by atoms with Crippen molar-refractivity contribution in [1.29, 1.82) is 0 Å². The third-order valence-corrected chi connectivity index (χ3v) is 6.13. The first kappa shape index (κ1) is 18.9. The predicted octanol–water partition coefficient (Wildman–Crippen LogP) is 3.17. The summed E-state index contributed by atoms with van der Waals surface area (Å²) >= 11 is 0. The molecule has 1 fully saturated rings. The maximum Gasteiger partial charge on any atom is 0.253 e. The molecule has 1 saturated heterocycles. The van der Waals surface area contributed by atoms with Gasteiger partial charge in [0.25, 0.3) is 5.91 Å².